The van der Waals surface area contributed by atoms with E-state index in [1.807, 2.05) is 30.3 Å². The first-order chi connectivity index (χ1) is 22.1. The number of thioether (sulfide) groups is 1. The van der Waals surface area contributed by atoms with Crippen LogP contribution in [-0.4, -0.2) is 103 Å². The van der Waals surface area contributed by atoms with Gasteiger partial charge in [0.2, 0.25) is 29.5 Å². The molecule has 46 heavy (non-hydrogen) atoms. The van der Waals surface area contributed by atoms with E-state index in [0.29, 0.717) is 43.5 Å². The molecule has 2 aromatic carbocycles. The zero-order valence-corrected chi connectivity index (χ0v) is 26.8. The highest BCUT2D eigenvalue weighted by Crippen LogP contribution is 2.48. The van der Waals surface area contributed by atoms with E-state index < -0.39 is 53.8 Å². The maximum Gasteiger partial charge on any atom is 0.338 e. The predicted molar refractivity (Wildman–Crippen MR) is 171 cm³/mol. The molecule has 0 aromatic heterocycles. The van der Waals surface area contributed by atoms with Crippen LogP contribution in [0.15, 0.2) is 54.6 Å². The normalized spacial score (nSPS) is 22.6. The Labute approximate surface area is 272 Å². The van der Waals surface area contributed by atoms with E-state index in [2.05, 4.69) is 16.0 Å². The first-order valence-corrected chi connectivity index (χ1v) is 16.5. The van der Waals surface area contributed by atoms with E-state index in [-0.39, 0.29) is 24.1 Å². The number of fused-ring (bicyclic) bond motifs is 1. The maximum absolute atomic E-state index is 13.6. The number of carbonyl (C=O) groups excluding carboxylic acids is 6. The summed E-state index contributed by atoms with van der Waals surface area (Å²) in [5.74, 6) is -2.18. The number of hydrogen-bond donors (Lipinski definition) is 3. The van der Waals surface area contributed by atoms with Crippen LogP contribution in [0.2, 0.25) is 0 Å². The van der Waals surface area contributed by atoms with Crippen LogP contribution in [0.1, 0.15) is 47.2 Å². The van der Waals surface area contributed by atoms with Crippen LogP contribution in [0.25, 0.3) is 0 Å². The molecule has 1 saturated heterocycles. The van der Waals surface area contributed by atoms with Gasteiger partial charge in [0, 0.05) is 32.1 Å². The van der Waals surface area contributed by atoms with E-state index in [1.54, 1.807) is 38.4 Å². The number of likely N-dealkylation sites (N-methyl/N-ethyl adjacent to an activating group) is 1. The molecular formula is C33H39N5O7S. The summed E-state index contributed by atoms with van der Waals surface area (Å²) < 4.78 is 5.50. The molecule has 13 heteroatoms. The molecule has 1 saturated carbocycles. The van der Waals surface area contributed by atoms with Crippen LogP contribution in [-0.2, 0) is 39.9 Å². The number of cyclic esters (lactones) is 1. The molecule has 3 aliphatic rings. The van der Waals surface area contributed by atoms with E-state index in [4.69, 9.17) is 4.74 Å². The van der Waals surface area contributed by atoms with Crippen molar-refractivity contribution in [1.29, 1.82) is 0 Å². The third-order valence-corrected chi connectivity index (χ3v) is 9.72. The highest BCUT2D eigenvalue weighted by molar-refractivity contribution is 7.98. The lowest BCUT2D eigenvalue weighted by Crippen LogP contribution is -2.58. The minimum atomic E-state index is -1.32. The number of esters is 1. The second-order valence-corrected chi connectivity index (χ2v) is 13.0. The van der Waals surface area contributed by atoms with Crippen LogP contribution in [0.5, 0.6) is 0 Å². The zero-order chi connectivity index (χ0) is 32.8. The van der Waals surface area contributed by atoms with Gasteiger partial charge in [-0.2, -0.15) is 11.8 Å². The summed E-state index contributed by atoms with van der Waals surface area (Å²) >= 11 is 1.39. The van der Waals surface area contributed by atoms with Gasteiger partial charge in [0.05, 0.1) is 17.5 Å². The number of carbonyl (C=O) groups is 6. The highest BCUT2D eigenvalue weighted by Gasteiger charge is 2.51. The molecule has 5 amide bonds. The fraction of sp³-hybridized carbons (Fsp3) is 0.455. The van der Waals surface area contributed by atoms with Crippen molar-refractivity contribution in [2.24, 2.45) is 0 Å². The molecule has 0 unspecified atom stereocenters. The highest BCUT2D eigenvalue weighted by atomic mass is 32.2. The molecule has 2 aromatic rings. The van der Waals surface area contributed by atoms with Gasteiger partial charge in [-0.05, 0) is 42.9 Å². The first-order valence-electron chi connectivity index (χ1n) is 15.4. The summed E-state index contributed by atoms with van der Waals surface area (Å²) in [6, 6.07) is 13.3. The lowest BCUT2D eigenvalue weighted by atomic mass is 9.95. The zero-order valence-electron chi connectivity index (χ0n) is 26.0. The number of nitrogens with one attached hydrogen (secondary N) is 3. The molecule has 0 radical (unpaired) electrons. The van der Waals surface area contributed by atoms with E-state index in [0.717, 1.165) is 11.1 Å². The Kier molecular flexibility index (Phi) is 10.3. The Morgan fingerprint density at radius 1 is 1.04 bits per heavy atom. The molecule has 2 aliphatic heterocycles. The van der Waals surface area contributed by atoms with Gasteiger partial charge in [0.1, 0.15) is 24.7 Å². The minimum absolute atomic E-state index is 0.222. The van der Waals surface area contributed by atoms with Gasteiger partial charge >= 0.3 is 5.97 Å². The summed E-state index contributed by atoms with van der Waals surface area (Å²) in [6.07, 6.45) is 2.32. The van der Waals surface area contributed by atoms with Crippen LogP contribution >= 0.6 is 11.8 Å². The molecule has 5 rings (SSSR count). The summed E-state index contributed by atoms with van der Waals surface area (Å²) in [4.78, 5) is 82.0. The summed E-state index contributed by atoms with van der Waals surface area (Å²) in [7, 11) is 3.18. The second kappa shape index (κ2) is 14.4. The SMILES string of the molecule is CN(C)C(=O)[C@H]1CSCc2ccccc2C(=O)OC[C@@H](NC(=O)[C@@H]2CCCN2C(=O)CNC(=O)C2(c3ccccc3)CC2)C(=O)N1. The maximum atomic E-state index is 13.6. The largest absolute Gasteiger partial charge is 0.459 e. The summed E-state index contributed by atoms with van der Waals surface area (Å²) in [5, 5.41) is 8.14. The Morgan fingerprint density at radius 2 is 1.76 bits per heavy atom. The number of hydrogen-bond acceptors (Lipinski definition) is 8. The molecular weight excluding hydrogens is 610 g/mol. The van der Waals surface area contributed by atoms with E-state index in [9.17, 15) is 28.8 Å². The molecule has 2 heterocycles. The van der Waals surface area contributed by atoms with Crippen LogP contribution < -0.4 is 16.0 Å². The van der Waals surface area contributed by atoms with Crippen LogP contribution in [0.4, 0.5) is 0 Å². The molecule has 3 N–H and O–H groups in total. The number of nitrogens with zero attached hydrogens (tertiary/aromatic N) is 2. The molecule has 0 spiro atoms. The number of benzene rings is 2. The first kappa shape index (κ1) is 33.0. The average molecular weight is 650 g/mol. The minimum Gasteiger partial charge on any atom is -0.459 e. The van der Waals surface area contributed by atoms with E-state index in [1.165, 1.54) is 21.6 Å². The summed E-state index contributed by atoms with van der Waals surface area (Å²) in [6.45, 7) is -0.418. The van der Waals surface area contributed by atoms with Gasteiger partial charge < -0.3 is 30.5 Å². The van der Waals surface area contributed by atoms with Gasteiger partial charge in [-0.15, -0.1) is 0 Å². The average Bonchev–Trinajstić information content (AvgIpc) is 3.73. The lowest BCUT2D eigenvalue weighted by Gasteiger charge is -2.28. The number of ether oxygens (including phenoxy) is 1. The second-order valence-electron chi connectivity index (χ2n) is 12.0. The molecule has 1 aliphatic carbocycles. The van der Waals surface area contributed by atoms with Gasteiger partial charge in [0.15, 0.2) is 0 Å². The third-order valence-electron chi connectivity index (χ3n) is 8.64. The molecule has 2 fully saturated rings. The Balaban J connectivity index is 1.26. The number of amides is 5. The predicted octanol–water partition coefficient (Wildman–Crippen LogP) is 0.987. The van der Waals surface area contributed by atoms with Crippen molar-refractivity contribution in [3.05, 3.63) is 71.3 Å². The number of rotatable bonds is 7. The van der Waals surface area contributed by atoms with Crippen molar-refractivity contribution in [3.63, 3.8) is 0 Å². The van der Waals surface area contributed by atoms with Gasteiger partial charge in [-0.25, -0.2) is 4.79 Å². The smallest absolute Gasteiger partial charge is 0.338 e. The summed E-state index contributed by atoms with van der Waals surface area (Å²) in [5.41, 5.74) is 1.34. The van der Waals surface area contributed by atoms with Crippen molar-refractivity contribution in [1.82, 2.24) is 25.8 Å². The number of likely N-dealkylation sites (tertiary alicyclic amines) is 1. The molecule has 244 valence electrons. The fourth-order valence-corrected chi connectivity index (χ4v) is 6.92. The van der Waals surface area contributed by atoms with Crippen molar-refractivity contribution in [2.45, 2.75) is 55.0 Å². The molecule has 12 nitrogen and oxygen atoms in total. The van der Waals surface area contributed by atoms with Crippen LogP contribution in [0.3, 0.4) is 0 Å². The van der Waals surface area contributed by atoms with Crippen molar-refractivity contribution in [3.8, 4) is 0 Å². The lowest BCUT2D eigenvalue weighted by molar-refractivity contribution is -0.140. The van der Waals surface area contributed by atoms with Crippen molar-refractivity contribution >= 4 is 47.3 Å². The molecule has 0 bridgehead atoms. The van der Waals surface area contributed by atoms with Gasteiger partial charge in [0.25, 0.3) is 0 Å². The third kappa shape index (κ3) is 7.35. The molecule has 3 atom stereocenters. The van der Waals surface area contributed by atoms with Gasteiger partial charge in [-0.1, -0.05) is 48.5 Å². The topological polar surface area (TPSA) is 154 Å². The Hall–Kier alpha value is -4.39. The van der Waals surface area contributed by atoms with E-state index >= 15 is 0 Å². The Bertz CT molecular complexity index is 1500. The van der Waals surface area contributed by atoms with Crippen molar-refractivity contribution in [2.75, 3.05) is 39.5 Å². The quantitative estimate of drug-likeness (QED) is 0.376. The van der Waals surface area contributed by atoms with Gasteiger partial charge in [-0.3, -0.25) is 24.0 Å². The van der Waals surface area contributed by atoms with Crippen molar-refractivity contribution < 1.29 is 33.5 Å². The van der Waals surface area contributed by atoms with Crippen LogP contribution in [0, 0.1) is 0 Å². The Morgan fingerprint density at radius 3 is 2.48 bits per heavy atom. The fourth-order valence-electron chi connectivity index (χ4n) is 5.87. The standard InChI is InChI=1S/C33H39N5O7S/c1-37(2)30(42)25-20-46-19-21-9-6-7-12-23(21)31(43)45-18-24(28(40)36-25)35-29(41)26-13-8-16-38(26)27(39)17-34-32(44)33(14-15-33)22-10-4-3-5-11-22/h3-7,9-12,24-26H,8,13-20H2,1-2H3,(H,34,44)(H,35,41)(H,36,40)/t24-,25-,26+/m1/s1. The monoisotopic (exact) mass is 649 g/mol.